The Morgan fingerprint density at radius 2 is 2.14 bits per heavy atom. The number of benzene rings is 1. The van der Waals surface area contributed by atoms with E-state index in [9.17, 15) is 0 Å². The molecule has 2 rings (SSSR count). The van der Waals surface area contributed by atoms with E-state index in [1.54, 1.807) is 7.11 Å². The molecule has 74 valence electrons. The highest BCUT2D eigenvalue weighted by atomic mass is 16.5. The SMILES string of the molecule is COc1cccc2c1C=NCC2(C)C. The summed E-state index contributed by atoms with van der Waals surface area (Å²) in [6, 6.07) is 6.17. The Morgan fingerprint density at radius 3 is 2.86 bits per heavy atom. The molecule has 0 bridgehead atoms. The predicted molar refractivity (Wildman–Crippen MR) is 58.5 cm³/mol. The Balaban J connectivity index is 2.62. The van der Waals surface area contributed by atoms with E-state index in [1.165, 1.54) is 5.56 Å². The summed E-state index contributed by atoms with van der Waals surface area (Å²) in [4.78, 5) is 4.37. The highest BCUT2D eigenvalue weighted by Gasteiger charge is 2.26. The second kappa shape index (κ2) is 3.12. The number of hydrogen-bond donors (Lipinski definition) is 0. The summed E-state index contributed by atoms with van der Waals surface area (Å²) in [6.45, 7) is 5.27. The lowest BCUT2D eigenvalue weighted by molar-refractivity contribution is 0.410. The predicted octanol–water partition coefficient (Wildman–Crippen LogP) is 2.41. The zero-order valence-corrected chi connectivity index (χ0v) is 8.87. The first-order chi connectivity index (χ1) is 6.65. The molecule has 0 aromatic heterocycles. The van der Waals surface area contributed by atoms with E-state index in [0.29, 0.717) is 0 Å². The van der Waals surface area contributed by atoms with Crippen LogP contribution in [0.2, 0.25) is 0 Å². The average molecular weight is 189 g/mol. The molecule has 1 heterocycles. The molecule has 0 radical (unpaired) electrons. The summed E-state index contributed by atoms with van der Waals surface area (Å²) in [7, 11) is 1.70. The van der Waals surface area contributed by atoms with Crippen LogP contribution in [0, 0.1) is 0 Å². The molecule has 0 saturated heterocycles. The zero-order chi connectivity index (χ0) is 10.2. The van der Waals surface area contributed by atoms with Crippen LogP contribution in [0.15, 0.2) is 23.2 Å². The number of hydrogen-bond acceptors (Lipinski definition) is 2. The van der Waals surface area contributed by atoms with Gasteiger partial charge in [-0.05, 0) is 11.6 Å². The van der Waals surface area contributed by atoms with Crippen LogP contribution in [-0.4, -0.2) is 19.9 Å². The molecule has 2 heteroatoms. The van der Waals surface area contributed by atoms with E-state index in [1.807, 2.05) is 18.3 Å². The molecule has 1 aliphatic rings. The van der Waals surface area contributed by atoms with Crippen LogP contribution in [0.25, 0.3) is 0 Å². The lowest BCUT2D eigenvalue weighted by atomic mass is 9.80. The number of methoxy groups -OCH3 is 1. The fraction of sp³-hybridized carbons (Fsp3) is 0.417. The lowest BCUT2D eigenvalue weighted by Gasteiger charge is -2.29. The largest absolute Gasteiger partial charge is 0.496 e. The number of nitrogens with zero attached hydrogens (tertiary/aromatic N) is 1. The van der Waals surface area contributed by atoms with Gasteiger partial charge in [-0.2, -0.15) is 0 Å². The molecule has 0 spiro atoms. The summed E-state index contributed by atoms with van der Waals surface area (Å²) in [6.07, 6.45) is 1.92. The number of rotatable bonds is 1. The molecule has 1 aromatic carbocycles. The maximum absolute atomic E-state index is 5.31. The second-order valence-electron chi connectivity index (χ2n) is 4.28. The zero-order valence-electron chi connectivity index (χ0n) is 8.87. The van der Waals surface area contributed by atoms with Crippen molar-refractivity contribution in [3.63, 3.8) is 0 Å². The molecule has 0 N–H and O–H groups in total. The van der Waals surface area contributed by atoms with E-state index in [4.69, 9.17) is 4.74 Å². The van der Waals surface area contributed by atoms with Crippen LogP contribution in [0.3, 0.4) is 0 Å². The fourth-order valence-electron chi connectivity index (χ4n) is 1.90. The van der Waals surface area contributed by atoms with Crippen molar-refractivity contribution in [2.75, 3.05) is 13.7 Å². The summed E-state index contributed by atoms with van der Waals surface area (Å²) < 4.78 is 5.31. The van der Waals surface area contributed by atoms with Gasteiger partial charge in [0.25, 0.3) is 0 Å². The van der Waals surface area contributed by atoms with Crippen molar-refractivity contribution >= 4 is 6.21 Å². The third-order valence-electron chi connectivity index (χ3n) is 2.72. The summed E-state index contributed by atoms with van der Waals surface area (Å²) >= 11 is 0. The molecule has 1 aliphatic heterocycles. The molecular weight excluding hydrogens is 174 g/mol. The van der Waals surface area contributed by atoms with Gasteiger partial charge in [-0.3, -0.25) is 4.99 Å². The Kier molecular flexibility index (Phi) is 2.06. The van der Waals surface area contributed by atoms with Crippen LogP contribution in [0.4, 0.5) is 0 Å². The van der Waals surface area contributed by atoms with Gasteiger partial charge in [-0.25, -0.2) is 0 Å². The molecule has 0 fully saturated rings. The van der Waals surface area contributed by atoms with E-state index in [-0.39, 0.29) is 5.41 Å². The summed E-state index contributed by atoms with van der Waals surface area (Å²) in [5.74, 6) is 0.916. The molecule has 0 amide bonds. The maximum Gasteiger partial charge on any atom is 0.127 e. The van der Waals surface area contributed by atoms with Gasteiger partial charge in [-0.15, -0.1) is 0 Å². The topological polar surface area (TPSA) is 21.6 Å². The van der Waals surface area contributed by atoms with Crippen LogP contribution >= 0.6 is 0 Å². The van der Waals surface area contributed by atoms with Gasteiger partial charge in [0.1, 0.15) is 5.75 Å². The van der Waals surface area contributed by atoms with Crippen LogP contribution < -0.4 is 4.74 Å². The van der Waals surface area contributed by atoms with Gasteiger partial charge in [0.05, 0.1) is 7.11 Å². The Hall–Kier alpha value is -1.31. The minimum absolute atomic E-state index is 0.124. The Bertz CT molecular complexity index is 380. The van der Waals surface area contributed by atoms with Gasteiger partial charge in [0.15, 0.2) is 0 Å². The van der Waals surface area contributed by atoms with Crippen molar-refractivity contribution in [1.29, 1.82) is 0 Å². The first kappa shape index (κ1) is 9.25. The molecule has 1 aromatic rings. The van der Waals surface area contributed by atoms with Crippen molar-refractivity contribution in [3.8, 4) is 5.75 Å². The van der Waals surface area contributed by atoms with Gasteiger partial charge in [0, 0.05) is 23.7 Å². The van der Waals surface area contributed by atoms with Crippen LogP contribution in [0.5, 0.6) is 5.75 Å². The van der Waals surface area contributed by atoms with Gasteiger partial charge in [-0.1, -0.05) is 26.0 Å². The van der Waals surface area contributed by atoms with Gasteiger partial charge in [0.2, 0.25) is 0 Å². The van der Waals surface area contributed by atoms with E-state index >= 15 is 0 Å². The average Bonchev–Trinajstić information content (AvgIpc) is 2.17. The van der Waals surface area contributed by atoms with Crippen molar-refractivity contribution in [3.05, 3.63) is 29.3 Å². The van der Waals surface area contributed by atoms with E-state index in [0.717, 1.165) is 17.9 Å². The van der Waals surface area contributed by atoms with Crippen molar-refractivity contribution in [1.82, 2.24) is 0 Å². The fourth-order valence-corrected chi connectivity index (χ4v) is 1.90. The molecule has 14 heavy (non-hydrogen) atoms. The molecule has 0 atom stereocenters. The molecule has 0 unspecified atom stereocenters. The third kappa shape index (κ3) is 1.31. The quantitative estimate of drug-likeness (QED) is 0.664. The monoisotopic (exact) mass is 189 g/mol. The number of ether oxygens (including phenoxy) is 1. The van der Waals surface area contributed by atoms with Crippen LogP contribution in [0.1, 0.15) is 25.0 Å². The first-order valence-corrected chi connectivity index (χ1v) is 4.82. The summed E-state index contributed by atoms with van der Waals surface area (Å²) in [5.41, 5.74) is 2.58. The maximum atomic E-state index is 5.31. The van der Waals surface area contributed by atoms with Gasteiger partial charge >= 0.3 is 0 Å². The smallest absolute Gasteiger partial charge is 0.127 e. The third-order valence-corrected chi connectivity index (χ3v) is 2.72. The Morgan fingerprint density at radius 1 is 1.36 bits per heavy atom. The van der Waals surface area contributed by atoms with E-state index < -0.39 is 0 Å². The van der Waals surface area contributed by atoms with Crippen molar-refractivity contribution < 1.29 is 4.74 Å². The molecule has 0 aliphatic carbocycles. The minimum Gasteiger partial charge on any atom is -0.496 e. The van der Waals surface area contributed by atoms with Crippen LogP contribution in [-0.2, 0) is 5.41 Å². The highest BCUT2D eigenvalue weighted by Crippen LogP contribution is 2.33. The number of aliphatic imine (C=N–C) groups is 1. The molecular formula is C12H15NO. The minimum atomic E-state index is 0.124. The highest BCUT2D eigenvalue weighted by molar-refractivity contribution is 5.87. The summed E-state index contributed by atoms with van der Waals surface area (Å²) in [5, 5.41) is 0. The first-order valence-electron chi connectivity index (χ1n) is 4.82. The molecule has 2 nitrogen and oxygen atoms in total. The normalized spacial score (nSPS) is 17.6. The second-order valence-corrected chi connectivity index (χ2v) is 4.28. The van der Waals surface area contributed by atoms with Gasteiger partial charge < -0.3 is 4.74 Å². The number of fused-ring (bicyclic) bond motifs is 1. The van der Waals surface area contributed by atoms with Crippen molar-refractivity contribution in [2.45, 2.75) is 19.3 Å². The Labute approximate surface area is 84.6 Å². The van der Waals surface area contributed by atoms with E-state index in [2.05, 4.69) is 24.9 Å². The molecule has 0 saturated carbocycles. The van der Waals surface area contributed by atoms with Crippen molar-refractivity contribution in [2.24, 2.45) is 4.99 Å². The lowest BCUT2D eigenvalue weighted by Crippen LogP contribution is -2.26. The standard InChI is InChI=1S/C12H15NO/c1-12(2)8-13-7-9-10(12)5-4-6-11(9)14-3/h4-7H,8H2,1-3H3.